The Balaban J connectivity index is 2.94. The van der Waals surface area contributed by atoms with Crippen LogP contribution in [0, 0.1) is 11.8 Å². The molecule has 1 rings (SSSR count). The predicted octanol–water partition coefficient (Wildman–Crippen LogP) is -0.708. The van der Waals surface area contributed by atoms with E-state index >= 15 is 0 Å². The first-order valence-electron chi connectivity index (χ1n) is 11.4. The van der Waals surface area contributed by atoms with E-state index in [1.54, 1.807) is 0 Å². The number of nitrogens with zero attached hydrogens (tertiary/aromatic N) is 1. The molecule has 0 saturated carbocycles. The molecule has 12 heteroatoms. The molecule has 5 atom stereocenters. The van der Waals surface area contributed by atoms with Crippen molar-refractivity contribution < 1.29 is 29.4 Å². The van der Waals surface area contributed by atoms with E-state index in [0.29, 0.717) is 12.1 Å². The molecule has 0 spiro atoms. The number of carbonyl (C=O) groups excluding carboxylic acids is 3. The SMILES string of the molecule is CC(C)CC(N)C(=O)NC(C(=O)NC(CC(C)C)C(=O)NC(Cc1cnc[nH]1)C(=O)O)C(C)O. The summed E-state index contributed by atoms with van der Waals surface area (Å²) in [7, 11) is 0. The van der Waals surface area contributed by atoms with Gasteiger partial charge >= 0.3 is 5.97 Å². The normalized spacial score (nSPS) is 15.8. The smallest absolute Gasteiger partial charge is 0.326 e. The summed E-state index contributed by atoms with van der Waals surface area (Å²) < 4.78 is 0. The number of hydrogen-bond donors (Lipinski definition) is 7. The third kappa shape index (κ3) is 9.87. The van der Waals surface area contributed by atoms with Crippen molar-refractivity contribution in [1.29, 1.82) is 0 Å². The van der Waals surface area contributed by atoms with Gasteiger partial charge in [0.2, 0.25) is 17.7 Å². The van der Waals surface area contributed by atoms with E-state index in [1.807, 2.05) is 27.7 Å². The number of aromatic amines is 1. The standard InChI is InChI=1S/C22H38N6O6/c1-11(2)6-15(23)19(30)28-18(13(5)29)21(32)26-16(7-12(3)4)20(31)27-17(22(33)34)8-14-9-24-10-25-14/h9-13,15-18,29H,6-8,23H2,1-5H3,(H,24,25)(H,26,32)(H,27,31)(H,28,30)(H,33,34). The van der Waals surface area contributed by atoms with Crippen molar-refractivity contribution in [2.45, 2.75) is 84.2 Å². The molecule has 0 aliphatic rings. The largest absolute Gasteiger partial charge is 0.480 e. The number of aliphatic carboxylic acids is 1. The van der Waals surface area contributed by atoms with Crippen molar-refractivity contribution in [3.8, 4) is 0 Å². The number of nitrogens with one attached hydrogen (secondary N) is 4. The number of nitrogens with two attached hydrogens (primary N) is 1. The maximum atomic E-state index is 12.9. The molecule has 0 radical (unpaired) electrons. The van der Waals surface area contributed by atoms with Crippen molar-refractivity contribution in [3.63, 3.8) is 0 Å². The van der Waals surface area contributed by atoms with Gasteiger partial charge in [-0.3, -0.25) is 14.4 Å². The number of rotatable bonds is 14. The van der Waals surface area contributed by atoms with Crippen molar-refractivity contribution in [3.05, 3.63) is 18.2 Å². The highest BCUT2D eigenvalue weighted by atomic mass is 16.4. The first kappa shape index (κ1) is 29.0. The fourth-order valence-electron chi connectivity index (χ4n) is 3.33. The van der Waals surface area contributed by atoms with Crippen LogP contribution in [0.15, 0.2) is 12.5 Å². The Morgan fingerprint density at radius 2 is 1.53 bits per heavy atom. The van der Waals surface area contributed by atoms with Crippen molar-refractivity contribution in [2.24, 2.45) is 17.6 Å². The highest BCUT2D eigenvalue weighted by molar-refractivity contribution is 5.94. The van der Waals surface area contributed by atoms with Gasteiger partial charge in [-0.05, 0) is 31.6 Å². The molecule has 3 amide bonds. The number of carboxylic acids is 1. The zero-order valence-electron chi connectivity index (χ0n) is 20.4. The maximum absolute atomic E-state index is 12.9. The summed E-state index contributed by atoms with van der Waals surface area (Å²) in [4.78, 5) is 56.5. The van der Waals surface area contributed by atoms with E-state index in [2.05, 4.69) is 25.9 Å². The molecule has 0 aliphatic carbocycles. The van der Waals surface area contributed by atoms with E-state index in [0.717, 1.165) is 0 Å². The third-order valence-corrected chi connectivity index (χ3v) is 5.06. The lowest BCUT2D eigenvalue weighted by Crippen LogP contribution is -2.60. The van der Waals surface area contributed by atoms with Crippen molar-refractivity contribution in [1.82, 2.24) is 25.9 Å². The number of carboxylic acid groups (broad SMARTS) is 1. The van der Waals surface area contributed by atoms with Gasteiger partial charge in [-0.15, -0.1) is 0 Å². The lowest BCUT2D eigenvalue weighted by atomic mass is 10.0. The number of H-pyrrole nitrogens is 1. The highest BCUT2D eigenvalue weighted by Gasteiger charge is 2.33. The lowest BCUT2D eigenvalue weighted by molar-refractivity contribution is -0.142. The summed E-state index contributed by atoms with van der Waals surface area (Å²) in [5.41, 5.74) is 6.39. The molecule has 1 heterocycles. The van der Waals surface area contributed by atoms with Gasteiger partial charge < -0.3 is 36.9 Å². The summed E-state index contributed by atoms with van der Waals surface area (Å²) in [5, 5.41) is 27.0. The zero-order valence-corrected chi connectivity index (χ0v) is 20.4. The Morgan fingerprint density at radius 3 is 2.00 bits per heavy atom. The van der Waals surface area contributed by atoms with Crippen LogP contribution in [0.5, 0.6) is 0 Å². The molecule has 12 nitrogen and oxygen atoms in total. The lowest BCUT2D eigenvalue weighted by Gasteiger charge is -2.27. The second-order valence-corrected chi connectivity index (χ2v) is 9.33. The molecule has 34 heavy (non-hydrogen) atoms. The van der Waals surface area contributed by atoms with Gasteiger partial charge in [0.25, 0.3) is 0 Å². The summed E-state index contributed by atoms with van der Waals surface area (Å²) in [5.74, 6) is -3.17. The van der Waals surface area contributed by atoms with Gasteiger partial charge in [0.1, 0.15) is 18.1 Å². The second kappa shape index (κ2) is 13.7. The Labute approximate surface area is 199 Å². The van der Waals surface area contributed by atoms with Crippen LogP contribution in [0.3, 0.4) is 0 Å². The number of aliphatic hydroxyl groups excluding tert-OH is 1. The fourth-order valence-corrected chi connectivity index (χ4v) is 3.33. The summed E-state index contributed by atoms with van der Waals surface area (Å²) in [6.07, 6.45) is 2.17. The quantitative estimate of drug-likeness (QED) is 0.180. The zero-order chi connectivity index (χ0) is 26.0. The molecule has 192 valence electrons. The molecule has 8 N–H and O–H groups in total. The molecule has 5 unspecified atom stereocenters. The van der Waals surface area contributed by atoms with Gasteiger partial charge in [0.15, 0.2) is 0 Å². The van der Waals surface area contributed by atoms with Crippen LogP contribution in [-0.4, -0.2) is 74.1 Å². The topological polar surface area (TPSA) is 200 Å². The van der Waals surface area contributed by atoms with Gasteiger partial charge in [0.05, 0.1) is 18.5 Å². The molecular weight excluding hydrogens is 444 g/mol. The van der Waals surface area contributed by atoms with E-state index < -0.39 is 54.0 Å². The minimum Gasteiger partial charge on any atom is -0.480 e. The highest BCUT2D eigenvalue weighted by Crippen LogP contribution is 2.09. The van der Waals surface area contributed by atoms with Crippen LogP contribution in [-0.2, 0) is 25.6 Å². The van der Waals surface area contributed by atoms with Crippen LogP contribution in [0.4, 0.5) is 0 Å². The molecule has 1 aromatic rings. The number of aliphatic hydroxyl groups is 1. The van der Waals surface area contributed by atoms with Gasteiger partial charge in [-0.2, -0.15) is 0 Å². The van der Waals surface area contributed by atoms with E-state index in [1.165, 1.54) is 19.4 Å². The number of hydrogen-bond acceptors (Lipinski definition) is 7. The monoisotopic (exact) mass is 482 g/mol. The Morgan fingerprint density at radius 1 is 0.941 bits per heavy atom. The number of imidazole rings is 1. The molecule has 0 aliphatic heterocycles. The number of amides is 3. The molecule has 0 aromatic carbocycles. The van der Waals surface area contributed by atoms with Crippen LogP contribution in [0.2, 0.25) is 0 Å². The van der Waals surface area contributed by atoms with Crippen molar-refractivity contribution in [2.75, 3.05) is 0 Å². The first-order valence-corrected chi connectivity index (χ1v) is 11.4. The molecular formula is C22H38N6O6. The number of aromatic nitrogens is 2. The first-order chi connectivity index (χ1) is 15.8. The van der Waals surface area contributed by atoms with Crippen molar-refractivity contribution >= 4 is 23.7 Å². The summed E-state index contributed by atoms with van der Waals surface area (Å²) >= 11 is 0. The Kier molecular flexibility index (Phi) is 11.7. The van der Waals surface area contributed by atoms with Crippen LogP contribution in [0.1, 0.15) is 53.2 Å². The number of carbonyl (C=O) groups is 4. The van der Waals surface area contributed by atoms with E-state index in [-0.39, 0.29) is 24.7 Å². The fraction of sp³-hybridized carbons (Fsp3) is 0.682. The minimum atomic E-state index is -1.34. The molecule has 0 bridgehead atoms. The third-order valence-electron chi connectivity index (χ3n) is 5.06. The van der Waals surface area contributed by atoms with E-state index in [9.17, 15) is 29.4 Å². The van der Waals surface area contributed by atoms with Gasteiger partial charge in [0, 0.05) is 18.3 Å². The van der Waals surface area contributed by atoms with E-state index in [4.69, 9.17) is 5.73 Å². The molecule has 1 aromatic heterocycles. The molecule has 0 fully saturated rings. The maximum Gasteiger partial charge on any atom is 0.326 e. The Bertz CT molecular complexity index is 811. The van der Waals surface area contributed by atoms with Gasteiger partial charge in [-0.1, -0.05) is 27.7 Å². The minimum absolute atomic E-state index is 0.0222. The van der Waals surface area contributed by atoms with Gasteiger partial charge in [-0.25, -0.2) is 9.78 Å². The Hall–Kier alpha value is -2.99. The van der Waals surface area contributed by atoms with Crippen LogP contribution >= 0.6 is 0 Å². The summed E-state index contributed by atoms with van der Waals surface area (Å²) in [6.45, 7) is 8.81. The average Bonchev–Trinajstić information content (AvgIpc) is 3.22. The van der Waals surface area contributed by atoms with Crippen LogP contribution in [0.25, 0.3) is 0 Å². The summed E-state index contributed by atoms with van der Waals surface area (Å²) in [6, 6.07) is -4.53. The molecule has 0 saturated heterocycles. The average molecular weight is 483 g/mol. The van der Waals surface area contributed by atoms with Crippen LogP contribution < -0.4 is 21.7 Å². The second-order valence-electron chi connectivity index (χ2n) is 9.33. The predicted molar refractivity (Wildman–Crippen MR) is 124 cm³/mol.